The summed E-state index contributed by atoms with van der Waals surface area (Å²) in [5.41, 5.74) is 1.95. The number of carbonyl (C=O) groups excluding carboxylic acids is 1. The summed E-state index contributed by atoms with van der Waals surface area (Å²) in [6.07, 6.45) is 1.57. The molecule has 0 radical (unpaired) electrons. The van der Waals surface area contributed by atoms with Crippen LogP contribution < -0.4 is 5.32 Å². The van der Waals surface area contributed by atoms with Crippen LogP contribution in [0.25, 0.3) is 11.0 Å². The first-order valence-corrected chi connectivity index (χ1v) is 7.71. The molecule has 0 saturated carbocycles. The molecule has 2 N–H and O–H groups in total. The van der Waals surface area contributed by atoms with Gasteiger partial charge in [0.25, 0.3) is 0 Å². The van der Waals surface area contributed by atoms with E-state index in [-0.39, 0.29) is 5.91 Å². The van der Waals surface area contributed by atoms with E-state index in [1.807, 2.05) is 18.2 Å². The summed E-state index contributed by atoms with van der Waals surface area (Å²) in [6.45, 7) is 2.94. The van der Waals surface area contributed by atoms with Gasteiger partial charge in [-0.2, -0.15) is 0 Å². The van der Waals surface area contributed by atoms with E-state index in [0.717, 1.165) is 47.9 Å². The second-order valence-electron chi connectivity index (χ2n) is 5.99. The number of benzene rings is 1. The molecule has 0 aliphatic carbocycles. The summed E-state index contributed by atoms with van der Waals surface area (Å²) in [6, 6.07) is 6.06. The van der Waals surface area contributed by atoms with Gasteiger partial charge < -0.3 is 15.2 Å². The Balaban J connectivity index is 1.39. The minimum absolute atomic E-state index is 0.207. The van der Waals surface area contributed by atoms with Gasteiger partial charge in [-0.05, 0) is 18.2 Å². The molecule has 2 saturated heterocycles. The number of H-pyrrole nitrogens is 1. The Kier molecular flexibility index (Phi) is 3.12. The predicted octanol–water partition coefficient (Wildman–Crippen LogP) is 1.58. The third kappa shape index (κ3) is 2.51. The number of halogens is 1. The van der Waals surface area contributed by atoms with Crippen molar-refractivity contribution >= 4 is 28.5 Å². The fourth-order valence-corrected chi connectivity index (χ4v) is 3.61. The van der Waals surface area contributed by atoms with Gasteiger partial charge >= 0.3 is 0 Å². The van der Waals surface area contributed by atoms with Crippen molar-refractivity contribution in [3.8, 4) is 0 Å². The molecule has 21 heavy (non-hydrogen) atoms. The Morgan fingerprint density at radius 2 is 2.29 bits per heavy atom. The van der Waals surface area contributed by atoms with Crippen molar-refractivity contribution in [2.45, 2.75) is 18.9 Å². The standard InChI is InChI=1S/C15H17ClN4O/c16-10-1-2-11-12(6-10)18-14(17-11)3-4-20-7-9-5-15(21)19-13(9)8-20/h1-2,6,9,13H,3-5,7-8H2,(H,17,18)(H,19,21)/t9-,13+/m0/s1. The highest BCUT2D eigenvalue weighted by Crippen LogP contribution is 2.25. The zero-order valence-corrected chi connectivity index (χ0v) is 12.4. The SMILES string of the molecule is O=C1C[C@H]2CN(CCc3nc4ccc(Cl)cc4[nH]3)C[C@H]2N1. The lowest BCUT2D eigenvalue weighted by Gasteiger charge is -2.15. The first kappa shape index (κ1) is 13.1. The average Bonchev–Trinajstić information content (AvgIpc) is 3.07. The molecular formula is C15H17ClN4O. The van der Waals surface area contributed by atoms with Crippen LogP contribution in [0.15, 0.2) is 18.2 Å². The third-order valence-corrected chi connectivity index (χ3v) is 4.70. The van der Waals surface area contributed by atoms with Crippen molar-refractivity contribution in [1.82, 2.24) is 20.2 Å². The van der Waals surface area contributed by atoms with Crippen LogP contribution in [0, 0.1) is 5.92 Å². The summed E-state index contributed by atoms with van der Waals surface area (Å²) < 4.78 is 0. The first-order chi connectivity index (χ1) is 10.2. The van der Waals surface area contributed by atoms with Gasteiger partial charge in [-0.25, -0.2) is 4.98 Å². The highest BCUT2D eigenvalue weighted by atomic mass is 35.5. The minimum Gasteiger partial charge on any atom is -0.352 e. The molecule has 1 aromatic carbocycles. The molecule has 1 amide bonds. The number of imidazole rings is 1. The van der Waals surface area contributed by atoms with Crippen molar-refractivity contribution in [2.24, 2.45) is 5.92 Å². The molecule has 2 fully saturated rings. The molecule has 5 nitrogen and oxygen atoms in total. The molecule has 1 aromatic heterocycles. The molecule has 2 aliphatic rings. The Hall–Kier alpha value is -1.59. The van der Waals surface area contributed by atoms with E-state index < -0.39 is 0 Å². The van der Waals surface area contributed by atoms with Crippen LogP contribution in [0.1, 0.15) is 12.2 Å². The molecule has 110 valence electrons. The molecule has 0 bridgehead atoms. The molecule has 0 spiro atoms. The number of carbonyl (C=O) groups is 1. The number of aromatic nitrogens is 2. The molecule has 2 aliphatic heterocycles. The third-order valence-electron chi connectivity index (χ3n) is 4.47. The van der Waals surface area contributed by atoms with Gasteiger partial charge in [-0.15, -0.1) is 0 Å². The van der Waals surface area contributed by atoms with E-state index >= 15 is 0 Å². The molecule has 2 aromatic rings. The Morgan fingerprint density at radius 1 is 1.38 bits per heavy atom. The lowest BCUT2D eigenvalue weighted by molar-refractivity contribution is -0.119. The van der Waals surface area contributed by atoms with Crippen molar-refractivity contribution < 1.29 is 4.79 Å². The maximum atomic E-state index is 11.3. The molecule has 2 atom stereocenters. The highest BCUT2D eigenvalue weighted by Gasteiger charge is 2.39. The van der Waals surface area contributed by atoms with Crippen LogP contribution in [-0.2, 0) is 11.2 Å². The Morgan fingerprint density at radius 3 is 3.14 bits per heavy atom. The smallest absolute Gasteiger partial charge is 0.220 e. The number of aromatic amines is 1. The molecular weight excluding hydrogens is 288 g/mol. The second-order valence-corrected chi connectivity index (χ2v) is 6.43. The van der Waals surface area contributed by atoms with E-state index in [2.05, 4.69) is 20.2 Å². The topological polar surface area (TPSA) is 61.0 Å². The summed E-state index contributed by atoms with van der Waals surface area (Å²) in [5.74, 6) is 1.69. The number of likely N-dealkylation sites (tertiary alicyclic amines) is 1. The zero-order chi connectivity index (χ0) is 14.4. The lowest BCUT2D eigenvalue weighted by atomic mass is 10.1. The Bertz CT molecular complexity index is 682. The fourth-order valence-electron chi connectivity index (χ4n) is 3.43. The van der Waals surface area contributed by atoms with Gasteiger partial charge in [0.1, 0.15) is 5.82 Å². The van der Waals surface area contributed by atoms with E-state index in [4.69, 9.17) is 11.6 Å². The largest absolute Gasteiger partial charge is 0.352 e. The van der Waals surface area contributed by atoms with Gasteiger partial charge in [0.2, 0.25) is 5.91 Å². The molecule has 4 rings (SSSR count). The van der Waals surface area contributed by atoms with E-state index in [1.54, 1.807) is 0 Å². The minimum atomic E-state index is 0.207. The predicted molar refractivity (Wildman–Crippen MR) is 81.3 cm³/mol. The Labute approximate surface area is 127 Å². The summed E-state index contributed by atoms with van der Waals surface area (Å²) >= 11 is 5.98. The van der Waals surface area contributed by atoms with Gasteiger partial charge in [-0.1, -0.05) is 11.6 Å². The highest BCUT2D eigenvalue weighted by molar-refractivity contribution is 6.31. The average molecular weight is 305 g/mol. The number of hydrogen-bond donors (Lipinski definition) is 2. The van der Waals surface area contributed by atoms with Crippen molar-refractivity contribution in [3.05, 3.63) is 29.0 Å². The van der Waals surface area contributed by atoms with Gasteiger partial charge in [-0.3, -0.25) is 4.79 Å². The van der Waals surface area contributed by atoms with Crippen LogP contribution in [0.3, 0.4) is 0 Å². The number of rotatable bonds is 3. The van der Waals surface area contributed by atoms with Crippen LogP contribution in [0.2, 0.25) is 5.02 Å². The van der Waals surface area contributed by atoms with Gasteiger partial charge in [0.15, 0.2) is 0 Å². The number of nitrogens with zero attached hydrogens (tertiary/aromatic N) is 2. The number of fused-ring (bicyclic) bond motifs is 2. The monoisotopic (exact) mass is 304 g/mol. The van der Waals surface area contributed by atoms with Crippen molar-refractivity contribution in [3.63, 3.8) is 0 Å². The van der Waals surface area contributed by atoms with Gasteiger partial charge in [0.05, 0.1) is 11.0 Å². The lowest BCUT2D eigenvalue weighted by Crippen LogP contribution is -2.33. The number of amides is 1. The first-order valence-electron chi connectivity index (χ1n) is 7.33. The second kappa shape index (κ2) is 5.00. The van der Waals surface area contributed by atoms with Crippen LogP contribution >= 0.6 is 11.6 Å². The summed E-state index contributed by atoms with van der Waals surface area (Å²) in [5, 5.41) is 3.78. The maximum absolute atomic E-state index is 11.3. The maximum Gasteiger partial charge on any atom is 0.220 e. The van der Waals surface area contributed by atoms with E-state index in [1.165, 1.54) is 0 Å². The van der Waals surface area contributed by atoms with Crippen LogP contribution in [-0.4, -0.2) is 46.5 Å². The summed E-state index contributed by atoms with van der Waals surface area (Å²) in [4.78, 5) is 21.6. The normalized spacial score (nSPS) is 25.5. The van der Waals surface area contributed by atoms with Gasteiger partial charge in [0, 0.05) is 49.5 Å². The zero-order valence-electron chi connectivity index (χ0n) is 11.6. The van der Waals surface area contributed by atoms with Crippen molar-refractivity contribution in [2.75, 3.05) is 19.6 Å². The molecule has 0 unspecified atom stereocenters. The molecule has 3 heterocycles. The van der Waals surface area contributed by atoms with Crippen LogP contribution in [0.4, 0.5) is 0 Å². The molecule has 6 heteroatoms. The van der Waals surface area contributed by atoms with Crippen molar-refractivity contribution in [1.29, 1.82) is 0 Å². The van der Waals surface area contributed by atoms with Crippen LogP contribution in [0.5, 0.6) is 0 Å². The fraction of sp³-hybridized carbons (Fsp3) is 0.467. The quantitative estimate of drug-likeness (QED) is 0.905. The summed E-state index contributed by atoms with van der Waals surface area (Å²) in [7, 11) is 0. The number of nitrogens with one attached hydrogen (secondary N) is 2. The van der Waals surface area contributed by atoms with E-state index in [9.17, 15) is 4.79 Å². The number of hydrogen-bond acceptors (Lipinski definition) is 3. The van der Waals surface area contributed by atoms with E-state index in [0.29, 0.717) is 18.4 Å².